The number of rotatable bonds is 14. The van der Waals surface area contributed by atoms with E-state index in [2.05, 4.69) is 53.1 Å². The fraction of sp³-hybridized carbons (Fsp3) is 0.368. The van der Waals surface area contributed by atoms with Crippen molar-refractivity contribution in [2.24, 2.45) is 5.92 Å². The van der Waals surface area contributed by atoms with Crippen LogP contribution in [0.15, 0.2) is 103 Å². The van der Waals surface area contributed by atoms with Crippen LogP contribution in [0, 0.1) is 5.92 Å². The third-order valence-corrected chi connectivity index (χ3v) is 8.89. The van der Waals surface area contributed by atoms with Crippen molar-refractivity contribution in [3.05, 3.63) is 136 Å². The topological polar surface area (TPSA) is 24.9 Å². The van der Waals surface area contributed by atoms with Crippen molar-refractivity contribution in [3.63, 3.8) is 0 Å². The molecule has 4 aromatic carbocycles. The first-order valence-electron chi connectivity index (χ1n) is 15.9. The maximum absolute atomic E-state index is 13.7. The third-order valence-electron chi connectivity index (χ3n) is 8.45. The normalized spacial score (nSPS) is 14.9. The van der Waals surface area contributed by atoms with E-state index in [0.717, 1.165) is 62.2 Å². The van der Waals surface area contributed by atoms with Gasteiger partial charge in [-0.15, -0.1) is 0 Å². The zero-order chi connectivity index (χ0) is 32.4. The van der Waals surface area contributed by atoms with Crippen molar-refractivity contribution in [2.75, 3.05) is 52.5 Å². The molecular weight excluding hydrogens is 609 g/mol. The summed E-state index contributed by atoms with van der Waals surface area (Å²) in [4.78, 5) is 4.63. The van der Waals surface area contributed by atoms with Crippen molar-refractivity contribution in [1.82, 2.24) is 9.80 Å². The molecule has 4 aromatic rings. The molecule has 1 heterocycles. The second-order valence-corrected chi connectivity index (χ2v) is 12.5. The van der Waals surface area contributed by atoms with Gasteiger partial charge in [-0.2, -0.15) is 13.2 Å². The lowest BCUT2D eigenvalue weighted by Gasteiger charge is -2.31. The zero-order valence-corrected chi connectivity index (χ0v) is 27.0. The van der Waals surface area contributed by atoms with Crippen LogP contribution in [0.25, 0.3) is 0 Å². The maximum atomic E-state index is 13.7. The Morgan fingerprint density at radius 3 is 2.15 bits per heavy atom. The Bertz CT molecular complexity index is 1460. The molecule has 0 N–H and O–H groups in total. The van der Waals surface area contributed by atoms with Crippen molar-refractivity contribution >= 4 is 11.6 Å². The van der Waals surface area contributed by atoms with Gasteiger partial charge in [-0.05, 0) is 46.9 Å². The molecule has 0 saturated carbocycles. The SMILES string of the molecule is C[C@@H](COc1cccc(CCN2CCOCC2)c1)CN(Cc1cccc(C(F)(F)F)c1Cl)CC(c1ccccc1)c1ccccc1. The van der Waals surface area contributed by atoms with Crippen LogP contribution in [0.3, 0.4) is 0 Å². The van der Waals surface area contributed by atoms with Crippen LogP contribution in [-0.4, -0.2) is 62.3 Å². The first-order valence-corrected chi connectivity index (χ1v) is 16.3. The highest BCUT2D eigenvalue weighted by molar-refractivity contribution is 6.32. The highest BCUT2D eigenvalue weighted by atomic mass is 35.5. The molecule has 1 fully saturated rings. The molecule has 1 aliphatic heterocycles. The molecule has 0 radical (unpaired) electrons. The van der Waals surface area contributed by atoms with E-state index in [1.165, 1.54) is 11.6 Å². The van der Waals surface area contributed by atoms with Gasteiger partial charge in [-0.25, -0.2) is 0 Å². The van der Waals surface area contributed by atoms with Crippen molar-refractivity contribution in [2.45, 2.75) is 32.0 Å². The second-order valence-electron chi connectivity index (χ2n) is 12.1. The number of nitrogens with zero attached hydrogens (tertiary/aromatic N) is 2. The van der Waals surface area contributed by atoms with Gasteiger partial charge in [0.05, 0.1) is 30.4 Å². The van der Waals surface area contributed by atoms with E-state index in [1.807, 2.05) is 48.5 Å². The maximum Gasteiger partial charge on any atom is 0.417 e. The van der Waals surface area contributed by atoms with Gasteiger partial charge in [0.15, 0.2) is 0 Å². The van der Waals surface area contributed by atoms with Crippen LogP contribution in [0.5, 0.6) is 5.75 Å². The first-order chi connectivity index (χ1) is 22.3. The molecule has 8 heteroatoms. The lowest BCUT2D eigenvalue weighted by molar-refractivity contribution is -0.137. The standard InChI is InChI=1S/C38H42ClF3N2O2/c1-29(28-46-34-16-8-10-30(24-34)18-19-43-20-22-45-23-21-43)25-44(26-33-15-9-17-36(37(33)39)38(40,41)42)27-35(31-11-4-2-5-12-31)32-13-6-3-7-14-32/h2-17,24,29,35H,18-23,25-28H2,1H3/t29-/m1/s1. The summed E-state index contributed by atoms with van der Waals surface area (Å²) >= 11 is 6.40. The van der Waals surface area contributed by atoms with Crippen LogP contribution in [-0.2, 0) is 23.9 Å². The van der Waals surface area contributed by atoms with Crippen molar-refractivity contribution in [1.29, 1.82) is 0 Å². The molecule has 4 nitrogen and oxygen atoms in total. The number of alkyl halides is 3. The van der Waals surface area contributed by atoms with E-state index in [-0.39, 0.29) is 23.4 Å². The van der Waals surface area contributed by atoms with Gasteiger partial charge in [-0.1, -0.05) is 103 Å². The number of hydrogen-bond acceptors (Lipinski definition) is 4. The van der Waals surface area contributed by atoms with E-state index in [9.17, 15) is 13.2 Å². The summed E-state index contributed by atoms with van der Waals surface area (Å²) in [5, 5.41) is -0.242. The highest BCUT2D eigenvalue weighted by Gasteiger charge is 2.34. The molecular formula is C38H42ClF3N2O2. The van der Waals surface area contributed by atoms with Gasteiger partial charge >= 0.3 is 6.18 Å². The van der Waals surface area contributed by atoms with Crippen molar-refractivity contribution < 1.29 is 22.6 Å². The van der Waals surface area contributed by atoms with E-state index < -0.39 is 11.7 Å². The molecule has 0 spiro atoms. The highest BCUT2D eigenvalue weighted by Crippen LogP contribution is 2.37. The Hall–Kier alpha value is -3.36. The largest absolute Gasteiger partial charge is 0.493 e. The molecule has 1 saturated heterocycles. The lowest BCUT2D eigenvalue weighted by atomic mass is 9.90. The quantitative estimate of drug-likeness (QED) is 0.137. The second kappa shape index (κ2) is 16.5. The minimum atomic E-state index is -4.52. The molecule has 0 unspecified atom stereocenters. The van der Waals surface area contributed by atoms with Crippen LogP contribution >= 0.6 is 11.6 Å². The average Bonchev–Trinajstić information content (AvgIpc) is 3.07. The fourth-order valence-corrected chi connectivity index (χ4v) is 6.33. The molecule has 0 bridgehead atoms. The Morgan fingerprint density at radius 2 is 1.50 bits per heavy atom. The van der Waals surface area contributed by atoms with Gasteiger partial charge in [0.25, 0.3) is 0 Å². The minimum Gasteiger partial charge on any atom is -0.493 e. The summed E-state index contributed by atoms with van der Waals surface area (Å²) in [6.45, 7) is 8.56. The summed E-state index contributed by atoms with van der Waals surface area (Å²) in [5.41, 5.74) is 3.17. The molecule has 244 valence electrons. The average molecular weight is 651 g/mol. The Labute approximate surface area is 275 Å². The van der Waals surface area contributed by atoms with E-state index in [1.54, 1.807) is 6.07 Å². The molecule has 1 atom stereocenters. The molecule has 0 amide bonds. The van der Waals surface area contributed by atoms with E-state index >= 15 is 0 Å². The molecule has 0 aliphatic carbocycles. The molecule has 0 aromatic heterocycles. The van der Waals surface area contributed by atoms with Gasteiger partial charge in [0, 0.05) is 51.1 Å². The van der Waals surface area contributed by atoms with E-state index in [4.69, 9.17) is 21.1 Å². The Kier molecular flexibility index (Phi) is 12.2. The minimum absolute atomic E-state index is 0.0169. The zero-order valence-electron chi connectivity index (χ0n) is 26.3. The van der Waals surface area contributed by atoms with Crippen LogP contribution in [0.2, 0.25) is 5.02 Å². The predicted molar refractivity (Wildman–Crippen MR) is 179 cm³/mol. The van der Waals surface area contributed by atoms with Gasteiger partial charge in [0.1, 0.15) is 5.75 Å². The van der Waals surface area contributed by atoms with Gasteiger partial charge in [0.2, 0.25) is 0 Å². The summed E-state index contributed by atoms with van der Waals surface area (Å²) in [6.07, 6.45) is -3.58. The monoisotopic (exact) mass is 650 g/mol. The summed E-state index contributed by atoms with van der Waals surface area (Å²) in [5.74, 6) is 0.933. The van der Waals surface area contributed by atoms with E-state index in [0.29, 0.717) is 25.3 Å². The van der Waals surface area contributed by atoms with Crippen molar-refractivity contribution in [3.8, 4) is 5.75 Å². The first kappa shape index (κ1) is 34.0. The Balaban J connectivity index is 1.31. The number of hydrogen-bond donors (Lipinski definition) is 0. The Morgan fingerprint density at radius 1 is 0.848 bits per heavy atom. The summed E-state index contributed by atoms with van der Waals surface area (Å²) < 4.78 is 53.0. The number of benzene rings is 4. The number of morpholine rings is 1. The van der Waals surface area contributed by atoms with Gasteiger partial charge in [-0.3, -0.25) is 9.80 Å². The third kappa shape index (κ3) is 9.82. The van der Waals surface area contributed by atoms with Crippen LogP contribution < -0.4 is 4.74 Å². The van der Waals surface area contributed by atoms with Crippen LogP contribution in [0.4, 0.5) is 13.2 Å². The summed E-state index contributed by atoms with van der Waals surface area (Å²) in [7, 11) is 0. The van der Waals surface area contributed by atoms with Crippen LogP contribution in [0.1, 0.15) is 40.7 Å². The molecule has 5 rings (SSSR count). The van der Waals surface area contributed by atoms with Gasteiger partial charge < -0.3 is 9.47 Å². The smallest absolute Gasteiger partial charge is 0.417 e. The molecule has 46 heavy (non-hydrogen) atoms. The number of halogens is 4. The predicted octanol–water partition coefficient (Wildman–Crippen LogP) is 8.58. The molecule has 1 aliphatic rings. The number of ether oxygens (including phenoxy) is 2. The summed E-state index contributed by atoms with van der Waals surface area (Å²) in [6, 6.07) is 32.9. The lowest BCUT2D eigenvalue weighted by Crippen LogP contribution is -2.37. The fourth-order valence-electron chi connectivity index (χ4n) is 6.03.